The number of likely N-dealkylation sites (tertiary alicyclic amines) is 1. The van der Waals surface area contributed by atoms with Gasteiger partial charge in [-0.25, -0.2) is 0 Å². The highest BCUT2D eigenvalue weighted by molar-refractivity contribution is 9.10. The predicted molar refractivity (Wildman–Crippen MR) is 72.9 cm³/mol. The van der Waals surface area contributed by atoms with Crippen LogP contribution < -0.4 is 4.74 Å². The maximum absolute atomic E-state index is 5.58. The van der Waals surface area contributed by atoms with Gasteiger partial charge in [-0.15, -0.1) is 24.8 Å². The first-order chi connectivity index (χ1) is 6.75. The van der Waals surface area contributed by atoms with Crippen LogP contribution in [0, 0.1) is 6.92 Å². The van der Waals surface area contributed by atoms with Crippen LogP contribution in [0.5, 0.6) is 5.75 Å². The molecule has 1 fully saturated rings. The summed E-state index contributed by atoms with van der Waals surface area (Å²) in [4.78, 5) is 6.47. The van der Waals surface area contributed by atoms with Crippen LogP contribution in [0.15, 0.2) is 16.7 Å². The zero-order valence-electron chi connectivity index (χ0n) is 8.98. The van der Waals surface area contributed by atoms with Gasteiger partial charge in [0.05, 0.1) is 11.9 Å². The molecule has 0 unspecified atom stereocenters. The molecule has 16 heavy (non-hydrogen) atoms. The highest BCUT2D eigenvalue weighted by Crippen LogP contribution is 2.20. The van der Waals surface area contributed by atoms with E-state index in [1.165, 1.54) is 6.42 Å². The first-order valence-corrected chi connectivity index (χ1v) is 5.52. The maximum Gasteiger partial charge on any atom is 0.142 e. The predicted octanol–water partition coefficient (Wildman–Crippen LogP) is 3.04. The number of ether oxygens (including phenoxy) is 1. The molecule has 0 saturated carbocycles. The Hall–Kier alpha value is -0.0300. The topological polar surface area (TPSA) is 25.4 Å². The van der Waals surface area contributed by atoms with Crippen molar-refractivity contribution in [1.82, 2.24) is 9.88 Å². The lowest BCUT2D eigenvalue weighted by atomic mass is 10.2. The molecule has 0 spiro atoms. The van der Waals surface area contributed by atoms with Gasteiger partial charge in [0, 0.05) is 17.6 Å². The van der Waals surface area contributed by atoms with Gasteiger partial charge >= 0.3 is 0 Å². The smallest absolute Gasteiger partial charge is 0.142 e. The van der Waals surface area contributed by atoms with Crippen molar-refractivity contribution in [2.75, 3.05) is 19.8 Å². The lowest BCUT2D eigenvalue weighted by Crippen LogP contribution is -2.39. The fourth-order valence-electron chi connectivity index (χ4n) is 1.24. The van der Waals surface area contributed by atoms with Crippen molar-refractivity contribution in [2.45, 2.75) is 13.3 Å². The minimum atomic E-state index is 0. The van der Waals surface area contributed by atoms with Gasteiger partial charge in [-0.05, 0) is 35.3 Å². The second-order valence-electron chi connectivity index (χ2n) is 3.48. The molecule has 0 atom stereocenters. The molecule has 92 valence electrons. The van der Waals surface area contributed by atoms with Gasteiger partial charge in [0.25, 0.3) is 0 Å². The highest BCUT2D eigenvalue weighted by atomic mass is 79.9. The first-order valence-electron chi connectivity index (χ1n) is 4.73. The van der Waals surface area contributed by atoms with E-state index in [4.69, 9.17) is 4.74 Å². The summed E-state index contributed by atoms with van der Waals surface area (Å²) in [6.45, 7) is 4.95. The summed E-state index contributed by atoms with van der Waals surface area (Å²) in [5, 5.41) is 0. The monoisotopic (exact) mass is 328 g/mol. The van der Waals surface area contributed by atoms with Crippen molar-refractivity contribution in [2.24, 2.45) is 0 Å². The van der Waals surface area contributed by atoms with Crippen LogP contribution in [0.4, 0.5) is 0 Å². The molecule has 1 aliphatic heterocycles. The van der Waals surface area contributed by atoms with E-state index >= 15 is 0 Å². The van der Waals surface area contributed by atoms with E-state index < -0.39 is 0 Å². The third kappa shape index (κ3) is 4.09. The molecule has 1 aromatic rings. The third-order valence-corrected chi connectivity index (χ3v) is 3.17. The molecule has 1 aromatic heterocycles. The second-order valence-corrected chi connectivity index (χ2v) is 4.34. The lowest BCUT2D eigenvalue weighted by Gasteiger charge is -2.30. The molecule has 2 heterocycles. The van der Waals surface area contributed by atoms with Crippen molar-refractivity contribution < 1.29 is 4.74 Å². The van der Waals surface area contributed by atoms with Gasteiger partial charge in [-0.1, -0.05) is 0 Å². The number of nitrogens with zero attached hydrogens (tertiary/aromatic N) is 2. The zero-order valence-corrected chi connectivity index (χ0v) is 12.2. The Labute approximate surface area is 117 Å². The van der Waals surface area contributed by atoms with Gasteiger partial charge in [-0.3, -0.25) is 9.88 Å². The van der Waals surface area contributed by atoms with E-state index in [-0.39, 0.29) is 24.8 Å². The van der Waals surface area contributed by atoms with Crippen LogP contribution in [0.25, 0.3) is 0 Å². The average molecular weight is 330 g/mol. The van der Waals surface area contributed by atoms with Crippen LogP contribution >= 0.6 is 40.7 Å². The maximum atomic E-state index is 5.58. The molecule has 0 aromatic carbocycles. The Bertz CT molecular complexity index is 335. The summed E-state index contributed by atoms with van der Waals surface area (Å²) < 4.78 is 6.58. The van der Waals surface area contributed by atoms with Crippen molar-refractivity contribution >= 4 is 40.7 Å². The Morgan fingerprint density at radius 2 is 2.12 bits per heavy atom. The summed E-state index contributed by atoms with van der Waals surface area (Å²) in [6.07, 6.45) is 3.05. The van der Waals surface area contributed by atoms with Gasteiger partial charge < -0.3 is 4.74 Å². The van der Waals surface area contributed by atoms with Crippen LogP contribution in [0.1, 0.15) is 12.1 Å². The SMILES string of the molecule is Cc1ncc(OCN2CCC2)cc1Br.Cl.Cl. The quantitative estimate of drug-likeness (QED) is 0.852. The summed E-state index contributed by atoms with van der Waals surface area (Å²) in [5.74, 6) is 0.828. The van der Waals surface area contributed by atoms with Gasteiger partial charge in [0.15, 0.2) is 0 Å². The second kappa shape index (κ2) is 7.33. The molecule has 0 N–H and O–H groups in total. The van der Waals surface area contributed by atoms with Gasteiger partial charge in [-0.2, -0.15) is 0 Å². The molecule has 1 saturated heterocycles. The van der Waals surface area contributed by atoms with E-state index in [0.717, 1.165) is 29.0 Å². The van der Waals surface area contributed by atoms with Crippen LogP contribution in [-0.4, -0.2) is 29.7 Å². The summed E-state index contributed by atoms with van der Waals surface area (Å²) in [7, 11) is 0. The molecule has 0 radical (unpaired) electrons. The third-order valence-electron chi connectivity index (χ3n) is 2.36. The standard InChI is InChI=1S/C10H13BrN2O.2ClH/c1-8-10(11)5-9(6-12-8)14-7-13-3-2-4-13;;/h5-6H,2-4,7H2,1H3;2*1H. The number of hydrogen-bond donors (Lipinski definition) is 0. The summed E-state index contributed by atoms with van der Waals surface area (Å²) >= 11 is 3.43. The number of rotatable bonds is 3. The molecule has 6 heteroatoms. The minimum Gasteiger partial charge on any atom is -0.476 e. The Morgan fingerprint density at radius 3 is 2.62 bits per heavy atom. The van der Waals surface area contributed by atoms with Crippen molar-refractivity contribution in [3.05, 3.63) is 22.4 Å². The molecule has 0 aliphatic carbocycles. The van der Waals surface area contributed by atoms with E-state index in [0.29, 0.717) is 6.73 Å². The number of aryl methyl sites for hydroxylation is 1. The summed E-state index contributed by atoms with van der Waals surface area (Å²) in [6, 6.07) is 1.96. The Morgan fingerprint density at radius 1 is 1.44 bits per heavy atom. The minimum absolute atomic E-state index is 0. The molecule has 2 rings (SSSR count). The van der Waals surface area contributed by atoms with Crippen molar-refractivity contribution in [3.63, 3.8) is 0 Å². The Kier molecular flexibility index (Phi) is 7.31. The largest absolute Gasteiger partial charge is 0.476 e. The fraction of sp³-hybridized carbons (Fsp3) is 0.500. The van der Waals surface area contributed by atoms with Gasteiger partial charge in [0.2, 0.25) is 0 Å². The number of pyridine rings is 1. The van der Waals surface area contributed by atoms with Crippen LogP contribution in [-0.2, 0) is 0 Å². The van der Waals surface area contributed by atoms with Crippen molar-refractivity contribution in [1.29, 1.82) is 0 Å². The summed E-state index contributed by atoms with van der Waals surface area (Å²) in [5.41, 5.74) is 0.987. The van der Waals surface area contributed by atoms with Crippen LogP contribution in [0.3, 0.4) is 0 Å². The van der Waals surface area contributed by atoms with Gasteiger partial charge in [0.1, 0.15) is 12.5 Å². The molecule has 0 amide bonds. The average Bonchev–Trinajstić information content (AvgIpc) is 2.08. The van der Waals surface area contributed by atoms with Crippen LogP contribution in [0.2, 0.25) is 0 Å². The fourth-order valence-corrected chi connectivity index (χ4v) is 1.57. The number of halogens is 3. The number of aromatic nitrogens is 1. The molecule has 0 bridgehead atoms. The van der Waals surface area contributed by atoms with E-state index in [9.17, 15) is 0 Å². The highest BCUT2D eigenvalue weighted by Gasteiger charge is 2.13. The zero-order chi connectivity index (χ0) is 9.97. The first kappa shape index (κ1) is 16.0. The van der Waals surface area contributed by atoms with E-state index in [1.807, 2.05) is 13.0 Å². The number of hydrogen-bond acceptors (Lipinski definition) is 3. The molecule has 1 aliphatic rings. The van der Waals surface area contributed by atoms with E-state index in [2.05, 4.69) is 25.8 Å². The molecular weight excluding hydrogens is 315 g/mol. The molecular formula is C10H15BrCl2N2O. The van der Waals surface area contributed by atoms with Crippen molar-refractivity contribution in [3.8, 4) is 5.75 Å². The normalized spacial score (nSPS) is 14.4. The lowest BCUT2D eigenvalue weighted by molar-refractivity contribution is 0.0728. The van der Waals surface area contributed by atoms with E-state index in [1.54, 1.807) is 6.20 Å². The Balaban J connectivity index is 0.00000112. The molecule has 3 nitrogen and oxygen atoms in total.